The van der Waals surface area contributed by atoms with Gasteiger partial charge in [-0.2, -0.15) is 13.2 Å². The zero-order chi connectivity index (χ0) is 22.6. The van der Waals surface area contributed by atoms with E-state index in [0.29, 0.717) is 5.69 Å². The van der Waals surface area contributed by atoms with E-state index in [9.17, 15) is 13.2 Å². The molecule has 2 nitrogen and oxygen atoms in total. The van der Waals surface area contributed by atoms with Crippen molar-refractivity contribution in [2.24, 2.45) is 0 Å². The Hall–Kier alpha value is -2.95. The molecule has 0 aliphatic heterocycles. The van der Waals surface area contributed by atoms with Crippen molar-refractivity contribution >= 4 is 33.3 Å². The van der Waals surface area contributed by atoms with Crippen LogP contribution in [0.2, 0.25) is 0 Å². The molecular formula is C26H26F3NO. The normalized spacial score (nSPS) is 12.8. The molecule has 1 aromatic heterocycles. The minimum atomic E-state index is -4.38. The van der Waals surface area contributed by atoms with Gasteiger partial charge in [0, 0.05) is 34.3 Å². The quantitative estimate of drug-likeness (QED) is 0.327. The zero-order valence-corrected chi connectivity index (χ0v) is 18.3. The first-order valence-corrected chi connectivity index (χ1v) is 10.4. The number of anilines is 2. The summed E-state index contributed by atoms with van der Waals surface area (Å²) in [6.07, 6.45) is -4.38. The smallest absolute Gasteiger partial charge is 0.416 e. The van der Waals surface area contributed by atoms with Crippen molar-refractivity contribution < 1.29 is 17.6 Å². The van der Waals surface area contributed by atoms with Crippen LogP contribution in [0, 0.1) is 0 Å². The van der Waals surface area contributed by atoms with Gasteiger partial charge in [0.25, 0.3) is 0 Å². The number of nitrogens with zero attached hydrogens (tertiary/aromatic N) is 1. The third-order valence-corrected chi connectivity index (χ3v) is 5.57. The van der Waals surface area contributed by atoms with Gasteiger partial charge in [0.1, 0.15) is 11.2 Å². The maximum Gasteiger partial charge on any atom is 0.416 e. The number of fused-ring (bicyclic) bond motifs is 3. The fraction of sp³-hybridized carbons (Fsp3) is 0.308. The predicted octanol–water partition coefficient (Wildman–Crippen LogP) is 8.45. The number of halogens is 3. The summed E-state index contributed by atoms with van der Waals surface area (Å²) in [6.45, 7) is 10.4. The lowest BCUT2D eigenvalue weighted by Gasteiger charge is -2.29. The summed E-state index contributed by atoms with van der Waals surface area (Å²) >= 11 is 0. The lowest BCUT2D eigenvalue weighted by molar-refractivity contribution is -0.137. The molecule has 0 atom stereocenters. The highest BCUT2D eigenvalue weighted by Crippen LogP contribution is 2.38. The Labute approximate surface area is 180 Å². The average Bonchev–Trinajstić information content (AvgIpc) is 3.04. The molecule has 0 amide bonds. The van der Waals surface area contributed by atoms with Crippen molar-refractivity contribution in [3.63, 3.8) is 0 Å². The fourth-order valence-electron chi connectivity index (χ4n) is 3.96. The summed E-state index contributed by atoms with van der Waals surface area (Å²) in [5, 5.41) is 2.02. The topological polar surface area (TPSA) is 16.4 Å². The van der Waals surface area contributed by atoms with Gasteiger partial charge in [-0.05, 0) is 61.2 Å². The highest BCUT2D eigenvalue weighted by atomic mass is 19.4. The Kier molecular flexibility index (Phi) is 5.03. The van der Waals surface area contributed by atoms with E-state index in [2.05, 4.69) is 39.0 Å². The number of benzene rings is 3. The first kappa shape index (κ1) is 21.3. The molecule has 0 unspecified atom stereocenters. The average molecular weight is 425 g/mol. The molecule has 0 N–H and O–H groups in total. The molecular weight excluding hydrogens is 399 g/mol. The van der Waals surface area contributed by atoms with Crippen molar-refractivity contribution in [1.29, 1.82) is 0 Å². The van der Waals surface area contributed by atoms with Gasteiger partial charge in [-0.3, -0.25) is 0 Å². The molecule has 0 saturated heterocycles. The number of alkyl halides is 3. The van der Waals surface area contributed by atoms with Crippen LogP contribution in [0.25, 0.3) is 21.9 Å². The third-order valence-electron chi connectivity index (χ3n) is 5.57. The molecule has 0 bridgehead atoms. The molecule has 0 radical (unpaired) electrons. The summed E-state index contributed by atoms with van der Waals surface area (Å²) in [5.41, 5.74) is 3.36. The van der Waals surface area contributed by atoms with E-state index in [1.165, 1.54) is 17.7 Å². The van der Waals surface area contributed by atoms with Gasteiger partial charge in [-0.1, -0.05) is 39.0 Å². The first-order chi connectivity index (χ1) is 14.4. The van der Waals surface area contributed by atoms with E-state index < -0.39 is 11.7 Å². The lowest BCUT2D eigenvalue weighted by Crippen LogP contribution is -2.25. The number of furan rings is 1. The second kappa shape index (κ2) is 7.33. The van der Waals surface area contributed by atoms with Crippen LogP contribution in [0.15, 0.2) is 65.1 Å². The van der Waals surface area contributed by atoms with Gasteiger partial charge < -0.3 is 9.32 Å². The highest BCUT2D eigenvalue weighted by Gasteiger charge is 2.31. The van der Waals surface area contributed by atoms with Crippen molar-refractivity contribution in [2.75, 3.05) is 4.90 Å². The van der Waals surface area contributed by atoms with E-state index in [1.807, 2.05) is 36.9 Å². The first-order valence-electron chi connectivity index (χ1n) is 10.4. The van der Waals surface area contributed by atoms with Gasteiger partial charge in [0.15, 0.2) is 0 Å². The van der Waals surface area contributed by atoms with Crippen molar-refractivity contribution in [2.45, 2.75) is 52.3 Å². The summed E-state index contributed by atoms with van der Waals surface area (Å²) in [4.78, 5) is 1.89. The number of hydrogen-bond acceptors (Lipinski definition) is 2. The zero-order valence-electron chi connectivity index (χ0n) is 18.3. The second-order valence-corrected chi connectivity index (χ2v) is 9.26. The van der Waals surface area contributed by atoms with Crippen LogP contribution in [0.3, 0.4) is 0 Å². The molecule has 3 aromatic carbocycles. The van der Waals surface area contributed by atoms with Crippen LogP contribution in [-0.4, -0.2) is 6.04 Å². The van der Waals surface area contributed by atoms with Crippen LogP contribution >= 0.6 is 0 Å². The van der Waals surface area contributed by atoms with Crippen LogP contribution in [0.4, 0.5) is 24.5 Å². The summed E-state index contributed by atoms with van der Waals surface area (Å²) < 4.78 is 45.9. The predicted molar refractivity (Wildman–Crippen MR) is 121 cm³/mol. The highest BCUT2D eigenvalue weighted by molar-refractivity contribution is 6.06. The largest absolute Gasteiger partial charge is 0.456 e. The molecule has 1 heterocycles. The SMILES string of the molecule is CC(C)N(c1cccc(C(F)(F)F)c1)c1ccc2c(c1)oc1cc(C(C)(C)C)ccc12. The van der Waals surface area contributed by atoms with Gasteiger partial charge in [0.2, 0.25) is 0 Å². The molecule has 0 aliphatic carbocycles. The molecule has 5 heteroatoms. The van der Waals surface area contributed by atoms with Crippen molar-refractivity contribution in [1.82, 2.24) is 0 Å². The third kappa shape index (κ3) is 4.01. The standard InChI is InChI=1S/C26H26F3NO/c1-16(2)30(19-8-6-7-18(13-19)26(27,28)29)20-10-12-22-21-11-9-17(25(3,4)5)14-23(21)31-24(22)15-20/h6-16H,1-5H3. The summed E-state index contributed by atoms with van der Waals surface area (Å²) in [7, 11) is 0. The molecule has 0 spiro atoms. The number of hydrogen-bond donors (Lipinski definition) is 0. The van der Waals surface area contributed by atoms with Crippen LogP contribution in [-0.2, 0) is 11.6 Å². The molecule has 31 heavy (non-hydrogen) atoms. The van der Waals surface area contributed by atoms with Gasteiger partial charge in [-0.15, -0.1) is 0 Å². The summed E-state index contributed by atoms with van der Waals surface area (Å²) in [5.74, 6) is 0. The minimum Gasteiger partial charge on any atom is -0.456 e. The second-order valence-electron chi connectivity index (χ2n) is 9.26. The Morgan fingerprint density at radius 1 is 0.742 bits per heavy atom. The molecule has 4 rings (SSSR count). The molecule has 0 aliphatic rings. The van der Waals surface area contributed by atoms with Crippen molar-refractivity contribution in [3.8, 4) is 0 Å². The van der Waals surface area contributed by atoms with E-state index >= 15 is 0 Å². The molecule has 162 valence electrons. The van der Waals surface area contributed by atoms with Crippen LogP contribution in [0.1, 0.15) is 45.7 Å². The van der Waals surface area contributed by atoms with Crippen LogP contribution in [0.5, 0.6) is 0 Å². The summed E-state index contributed by atoms with van der Waals surface area (Å²) in [6, 6.07) is 17.5. The van der Waals surface area contributed by atoms with Gasteiger partial charge in [0.05, 0.1) is 5.56 Å². The maximum absolute atomic E-state index is 13.2. The van der Waals surface area contributed by atoms with Gasteiger partial charge in [-0.25, -0.2) is 0 Å². The van der Waals surface area contributed by atoms with E-state index in [4.69, 9.17) is 4.42 Å². The van der Waals surface area contributed by atoms with Crippen LogP contribution < -0.4 is 4.90 Å². The van der Waals surface area contributed by atoms with E-state index in [0.717, 1.165) is 33.7 Å². The monoisotopic (exact) mass is 425 g/mol. The Morgan fingerprint density at radius 2 is 1.35 bits per heavy atom. The van der Waals surface area contributed by atoms with Crippen molar-refractivity contribution in [3.05, 3.63) is 71.8 Å². The van der Waals surface area contributed by atoms with E-state index in [-0.39, 0.29) is 11.5 Å². The molecule has 0 fully saturated rings. The molecule has 0 saturated carbocycles. The Bertz CT molecular complexity index is 1250. The van der Waals surface area contributed by atoms with Gasteiger partial charge >= 0.3 is 6.18 Å². The Morgan fingerprint density at radius 3 is 1.97 bits per heavy atom. The molecule has 4 aromatic rings. The maximum atomic E-state index is 13.2. The number of rotatable bonds is 3. The minimum absolute atomic E-state index is 0.0102. The Balaban J connectivity index is 1.82. The fourth-order valence-corrected chi connectivity index (χ4v) is 3.96. The lowest BCUT2D eigenvalue weighted by atomic mass is 9.87. The van der Waals surface area contributed by atoms with E-state index in [1.54, 1.807) is 6.07 Å².